The van der Waals surface area contributed by atoms with Gasteiger partial charge in [0.15, 0.2) is 14.7 Å². The van der Waals surface area contributed by atoms with Gasteiger partial charge in [-0.3, -0.25) is 9.32 Å². The van der Waals surface area contributed by atoms with E-state index in [2.05, 4.69) is 53.0 Å². The summed E-state index contributed by atoms with van der Waals surface area (Å²) >= 11 is 6.79. The normalized spacial score (nSPS) is 25.3. The number of hydrogen-bond acceptors (Lipinski definition) is 11. The number of fused-ring (bicyclic) bond motifs is 1. The molecule has 5 atom stereocenters. The number of aliphatic hydroxyl groups is 1. The second-order valence-electron chi connectivity index (χ2n) is 8.55. The molecule has 3 aromatic rings. The summed E-state index contributed by atoms with van der Waals surface area (Å²) in [4.78, 5) is 20.0. The largest absolute Gasteiger partial charge is 0.424 e. The van der Waals surface area contributed by atoms with Crippen LogP contribution in [0.5, 0.6) is 5.75 Å². The summed E-state index contributed by atoms with van der Waals surface area (Å²) in [7, 11) is -3.91. The Morgan fingerprint density at radius 2 is 2.08 bits per heavy atom. The van der Waals surface area contributed by atoms with Gasteiger partial charge >= 0.3 is 7.60 Å². The molecule has 0 radical (unpaired) electrons. The van der Waals surface area contributed by atoms with Crippen LogP contribution in [0, 0.1) is 17.2 Å². The number of ether oxygens (including phenoxy) is 1. The van der Waals surface area contributed by atoms with Gasteiger partial charge in [0.2, 0.25) is 5.60 Å². The number of halogens is 2. The molecule has 12 nitrogen and oxygen atoms in total. The third-order valence-electron chi connectivity index (χ3n) is 5.98. The number of hydrogen-bond donors (Lipinski definition) is 2. The molecule has 15 heteroatoms. The first kappa shape index (κ1) is 27.6. The number of nitrogens with two attached hydrogens (primary N) is 1. The van der Waals surface area contributed by atoms with Gasteiger partial charge in [0.05, 0.1) is 19.0 Å². The molecule has 1 aliphatic heterocycles. The molecular formula is C22H23Br2N6O6P. The molecule has 0 bridgehead atoms. The van der Waals surface area contributed by atoms with E-state index in [0.29, 0.717) is 5.75 Å². The van der Waals surface area contributed by atoms with Crippen LogP contribution in [0.1, 0.15) is 19.5 Å². The molecule has 1 unspecified atom stereocenters. The molecule has 3 heterocycles. The van der Waals surface area contributed by atoms with Crippen LogP contribution in [-0.4, -0.2) is 58.7 Å². The highest BCUT2D eigenvalue weighted by Crippen LogP contribution is 2.57. The molecule has 0 saturated carbocycles. The molecule has 3 N–H and O–H groups in total. The molecule has 4 rings (SSSR count). The van der Waals surface area contributed by atoms with Gasteiger partial charge in [0.25, 0.3) is 0 Å². The van der Waals surface area contributed by atoms with E-state index in [1.807, 2.05) is 0 Å². The van der Waals surface area contributed by atoms with E-state index in [-0.39, 0.29) is 29.1 Å². The molecule has 1 aromatic carbocycles. The Morgan fingerprint density at radius 3 is 2.73 bits per heavy atom. The number of para-hydroxylation sites is 1. The van der Waals surface area contributed by atoms with E-state index in [4.69, 9.17) is 19.5 Å². The van der Waals surface area contributed by atoms with Gasteiger partial charge in [-0.2, -0.15) is 10.4 Å². The predicted octanol–water partition coefficient (Wildman–Crippen LogP) is 3.18. The molecule has 0 spiro atoms. The Bertz CT molecular complexity index is 1400. The summed E-state index contributed by atoms with van der Waals surface area (Å²) < 4.78 is 31.0. The number of imidazole rings is 1. The van der Waals surface area contributed by atoms with Crippen LogP contribution in [0.15, 0.2) is 42.9 Å². The number of nitriles is 1. The fourth-order valence-electron chi connectivity index (χ4n) is 3.81. The monoisotopic (exact) mass is 656 g/mol. The topological polar surface area (TPSA) is 175 Å². The highest BCUT2D eigenvalue weighted by molar-refractivity contribution is 9.25. The van der Waals surface area contributed by atoms with Crippen LogP contribution < -0.4 is 10.3 Å². The molecular weight excluding hydrogens is 635 g/mol. The molecule has 37 heavy (non-hydrogen) atoms. The molecule has 2 aromatic heterocycles. The molecule has 1 aliphatic rings. The summed E-state index contributed by atoms with van der Waals surface area (Å²) in [6.07, 6.45) is -0.201. The molecule has 196 valence electrons. The van der Waals surface area contributed by atoms with Crippen molar-refractivity contribution in [2.24, 2.45) is 5.92 Å². The van der Waals surface area contributed by atoms with Crippen LogP contribution in [-0.2, 0) is 24.2 Å². The number of benzene rings is 1. The lowest BCUT2D eigenvalue weighted by molar-refractivity contribution is -0.119. The van der Waals surface area contributed by atoms with Crippen molar-refractivity contribution >= 4 is 56.7 Å². The number of nitrogen functional groups attached to an aromatic ring is 1. The first-order chi connectivity index (χ1) is 17.4. The van der Waals surface area contributed by atoms with Gasteiger partial charge in [0.1, 0.15) is 41.8 Å². The Kier molecular flexibility index (Phi) is 7.77. The van der Waals surface area contributed by atoms with Crippen LogP contribution in [0.4, 0.5) is 5.82 Å². The molecule has 1 fully saturated rings. The number of carbonyl (C=O) groups excluding carboxylic acids is 1. The lowest BCUT2D eigenvalue weighted by Gasteiger charge is -2.30. The summed E-state index contributed by atoms with van der Waals surface area (Å²) in [6, 6.07) is 10.5. The van der Waals surface area contributed by atoms with E-state index in [1.165, 1.54) is 24.0 Å². The average molecular weight is 658 g/mol. The average Bonchev–Trinajstić information content (AvgIpc) is 3.37. The Labute approximate surface area is 228 Å². The number of ketones is 1. The second kappa shape index (κ2) is 10.4. The van der Waals surface area contributed by atoms with E-state index < -0.39 is 41.2 Å². The highest BCUT2D eigenvalue weighted by Gasteiger charge is 2.67. The zero-order chi connectivity index (χ0) is 27.0. The SMILES string of the molecule is CC(=O)[C@H](C)CP(=O)(OC[C@H]1O[C@@](C#N)(c2cnc3c(N)ncnn23)C(Br)(Br)[C@H]1O)Oc1ccccc1. The maximum Gasteiger partial charge on any atom is 0.379 e. The number of carbonyl (C=O) groups is 1. The van der Waals surface area contributed by atoms with Crippen molar-refractivity contribution in [1.82, 2.24) is 19.6 Å². The minimum absolute atomic E-state index is 0.0844. The zero-order valence-corrected chi connectivity index (χ0v) is 23.8. The van der Waals surface area contributed by atoms with Crippen molar-refractivity contribution in [3.63, 3.8) is 0 Å². The summed E-state index contributed by atoms with van der Waals surface area (Å²) in [5, 5.41) is 25.5. The molecule has 0 amide bonds. The van der Waals surface area contributed by atoms with Crippen molar-refractivity contribution < 1.29 is 28.3 Å². The third kappa shape index (κ3) is 5.04. The standard InChI is InChI=1S/C22H23Br2N6O6P/c1-13(14(2)31)10-37(33,36-15-6-4-3-5-7-15)34-9-16-18(32)22(23,24)21(11-25,35-16)17-8-27-20-19(26)28-12-29-30(17)20/h3-8,12-13,16,18,32H,9-10H2,1-2H3,(H2,26,28,29)/t13-,16-,18+,21+,37?/m1/s1. The van der Waals surface area contributed by atoms with Crippen LogP contribution >= 0.6 is 39.5 Å². The minimum atomic E-state index is -3.91. The fraction of sp³-hybridized carbons (Fsp3) is 0.409. The van der Waals surface area contributed by atoms with Crippen molar-refractivity contribution in [1.29, 1.82) is 5.26 Å². The number of alkyl halides is 2. The quantitative estimate of drug-likeness (QED) is 0.255. The highest BCUT2D eigenvalue weighted by atomic mass is 79.9. The van der Waals surface area contributed by atoms with E-state index in [0.717, 1.165) is 0 Å². The van der Waals surface area contributed by atoms with E-state index in [1.54, 1.807) is 37.3 Å². The second-order valence-corrected chi connectivity index (χ2v) is 14.1. The maximum absolute atomic E-state index is 13.7. The number of aromatic nitrogens is 4. The van der Waals surface area contributed by atoms with Gasteiger partial charge < -0.3 is 20.1 Å². The Hall–Kier alpha value is -2.40. The molecule has 1 saturated heterocycles. The van der Waals surface area contributed by atoms with Gasteiger partial charge in [-0.05, 0) is 19.1 Å². The van der Waals surface area contributed by atoms with Crippen molar-refractivity contribution in [3.05, 3.63) is 48.5 Å². The lowest BCUT2D eigenvalue weighted by Crippen LogP contribution is -2.45. The zero-order valence-electron chi connectivity index (χ0n) is 19.7. The number of Topliss-reactive ketones (excluding diaryl/α,β-unsaturated/α-hetero) is 1. The maximum atomic E-state index is 13.7. The lowest BCUT2D eigenvalue weighted by atomic mass is 9.96. The predicted molar refractivity (Wildman–Crippen MR) is 139 cm³/mol. The summed E-state index contributed by atoms with van der Waals surface area (Å²) in [5.41, 5.74) is 4.35. The smallest absolute Gasteiger partial charge is 0.379 e. The van der Waals surface area contributed by atoms with E-state index in [9.17, 15) is 19.7 Å². The minimum Gasteiger partial charge on any atom is -0.424 e. The summed E-state index contributed by atoms with van der Waals surface area (Å²) in [6.45, 7) is 2.58. The number of aliphatic hydroxyl groups excluding tert-OH is 1. The fourth-order valence-corrected chi connectivity index (χ4v) is 7.15. The summed E-state index contributed by atoms with van der Waals surface area (Å²) in [5.74, 6) is -0.424. The van der Waals surface area contributed by atoms with Crippen LogP contribution in [0.3, 0.4) is 0 Å². The first-order valence-electron chi connectivity index (χ1n) is 11.0. The van der Waals surface area contributed by atoms with Crippen LogP contribution in [0.25, 0.3) is 5.65 Å². The van der Waals surface area contributed by atoms with Gasteiger partial charge in [-0.25, -0.2) is 19.0 Å². The number of anilines is 1. The molecule has 0 aliphatic carbocycles. The van der Waals surface area contributed by atoms with E-state index >= 15 is 0 Å². The Balaban J connectivity index is 1.64. The van der Waals surface area contributed by atoms with Crippen molar-refractivity contribution in [3.8, 4) is 11.8 Å². The number of nitrogens with zero attached hydrogens (tertiary/aromatic N) is 5. The first-order valence-corrected chi connectivity index (χ1v) is 14.3. The third-order valence-corrected chi connectivity index (χ3v) is 10.1. The van der Waals surface area contributed by atoms with Crippen LogP contribution in [0.2, 0.25) is 0 Å². The van der Waals surface area contributed by atoms with Gasteiger partial charge in [0, 0.05) is 5.92 Å². The number of rotatable bonds is 9. The van der Waals surface area contributed by atoms with Gasteiger partial charge in [-0.15, -0.1) is 0 Å². The van der Waals surface area contributed by atoms with Crippen molar-refractivity contribution in [2.45, 2.75) is 34.9 Å². The van der Waals surface area contributed by atoms with Crippen molar-refractivity contribution in [2.75, 3.05) is 18.5 Å². The Morgan fingerprint density at radius 1 is 1.38 bits per heavy atom. The van der Waals surface area contributed by atoms with Gasteiger partial charge in [-0.1, -0.05) is 57.0 Å².